The Balaban J connectivity index is 2.68. The zero-order valence-electron chi connectivity index (χ0n) is 12.3. The number of hydrogen-bond donors (Lipinski definition) is 0. The minimum Gasteiger partial charge on any atom is -0.497 e. The van der Waals surface area contributed by atoms with Crippen LogP contribution in [0.3, 0.4) is 0 Å². The van der Waals surface area contributed by atoms with Gasteiger partial charge in [-0.15, -0.1) is 0 Å². The fraction of sp³-hybridized carbons (Fsp3) is 0.235. The Kier molecular flexibility index (Phi) is 4.58. The monoisotopic (exact) mass is 288 g/mol. The summed E-state index contributed by atoms with van der Waals surface area (Å²) >= 11 is 0. The van der Waals surface area contributed by atoms with E-state index in [1.165, 1.54) is 12.1 Å². The standard InChI is InChI=1S/C17H17FO3/c1-4-16(19)14-9-11(18)5-7-13(14)15-10-12(20-2)6-8-17(15)21-3/h5-10H,4H2,1-3H3. The highest BCUT2D eigenvalue weighted by Crippen LogP contribution is 2.36. The summed E-state index contributed by atoms with van der Waals surface area (Å²) in [5, 5.41) is 0. The summed E-state index contributed by atoms with van der Waals surface area (Å²) in [5.74, 6) is 0.698. The number of ketones is 1. The van der Waals surface area contributed by atoms with Crippen molar-refractivity contribution in [3.63, 3.8) is 0 Å². The SMILES string of the molecule is CCC(=O)c1cc(F)ccc1-c1cc(OC)ccc1OC. The van der Waals surface area contributed by atoms with Crippen LogP contribution in [-0.4, -0.2) is 20.0 Å². The second-order valence-electron chi connectivity index (χ2n) is 4.53. The average Bonchev–Trinajstić information content (AvgIpc) is 2.53. The number of Topliss-reactive ketones (excluding diaryl/α,β-unsaturated/α-hetero) is 1. The van der Waals surface area contributed by atoms with Crippen LogP contribution >= 0.6 is 0 Å². The molecular formula is C17H17FO3. The summed E-state index contributed by atoms with van der Waals surface area (Å²) in [7, 11) is 3.12. The molecule has 0 aliphatic heterocycles. The average molecular weight is 288 g/mol. The van der Waals surface area contributed by atoms with Crippen LogP contribution in [0.5, 0.6) is 11.5 Å². The molecule has 2 aromatic carbocycles. The molecule has 0 heterocycles. The van der Waals surface area contributed by atoms with Crippen molar-refractivity contribution in [3.8, 4) is 22.6 Å². The minimum absolute atomic E-state index is 0.116. The van der Waals surface area contributed by atoms with Gasteiger partial charge in [-0.3, -0.25) is 4.79 Å². The summed E-state index contributed by atoms with van der Waals surface area (Å²) in [6, 6.07) is 9.50. The maximum Gasteiger partial charge on any atom is 0.163 e. The third-order valence-electron chi connectivity index (χ3n) is 3.30. The van der Waals surface area contributed by atoms with Crippen molar-refractivity contribution in [1.82, 2.24) is 0 Å². The van der Waals surface area contributed by atoms with Crippen LogP contribution in [0.15, 0.2) is 36.4 Å². The van der Waals surface area contributed by atoms with Crippen molar-refractivity contribution < 1.29 is 18.7 Å². The fourth-order valence-corrected chi connectivity index (χ4v) is 2.20. The van der Waals surface area contributed by atoms with Crippen LogP contribution < -0.4 is 9.47 Å². The molecular weight excluding hydrogens is 271 g/mol. The molecule has 0 atom stereocenters. The van der Waals surface area contributed by atoms with Crippen LogP contribution in [0, 0.1) is 5.82 Å². The molecule has 0 aliphatic carbocycles. The molecule has 0 saturated heterocycles. The summed E-state index contributed by atoms with van der Waals surface area (Å²) in [6.07, 6.45) is 0.308. The van der Waals surface area contributed by atoms with E-state index in [4.69, 9.17) is 9.47 Å². The van der Waals surface area contributed by atoms with Gasteiger partial charge in [0.1, 0.15) is 17.3 Å². The van der Waals surface area contributed by atoms with Gasteiger partial charge in [0.25, 0.3) is 0 Å². The number of methoxy groups -OCH3 is 2. The normalized spacial score (nSPS) is 10.3. The van der Waals surface area contributed by atoms with Crippen molar-refractivity contribution >= 4 is 5.78 Å². The Morgan fingerprint density at radius 1 is 1.05 bits per heavy atom. The molecule has 21 heavy (non-hydrogen) atoms. The number of benzene rings is 2. The van der Waals surface area contributed by atoms with E-state index in [1.54, 1.807) is 45.4 Å². The topological polar surface area (TPSA) is 35.5 Å². The van der Waals surface area contributed by atoms with E-state index in [2.05, 4.69) is 0 Å². The van der Waals surface area contributed by atoms with Crippen molar-refractivity contribution in [1.29, 1.82) is 0 Å². The summed E-state index contributed by atoms with van der Waals surface area (Å²) in [5.41, 5.74) is 1.69. The highest BCUT2D eigenvalue weighted by atomic mass is 19.1. The van der Waals surface area contributed by atoms with E-state index in [-0.39, 0.29) is 5.78 Å². The predicted molar refractivity (Wildman–Crippen MR) is 79.6 cm³/mol. The molecule has 0 spiro atoms. The van der Waals surface area contributed by atoms with Gasteiger partial charge in [0.2, 0.25) is 0 Å². The van der Waals surface area contributed by atoms with Gasteiger partial charge < -0.3 is 9.47 Å². The number of halogens is 1. The molecule has 2 rings (SSSR count). The molecule has 0 amide bonds. The Hall–Kier alpha value is -2.36. The lowest BCUT2D eigenvalue weighted by Crippen LogP contribution is -2.02. The van der Waals surface area contributed by atoms with Gasteiger partial charge in [-0.2, -0.15) is 0 Å². The fourth-order valence-electron chi connectivity index (χ4n) is 2.20. The lowest BCUT2D eigenvalue weighted by molar-refractivity contribution is 0.0988. The van der Waals surface area contributed by atoms with Crippen LogP contribution in [-0.2, 0) is 0 Å². The van der Waals surface area contributed by atoms with Crippen molar-refractivity contribution in [3.05, 3.63) is 47.8 Å². The molecule has 0 unspecified atom stereocenters. The number of hydrogen-bond acceptors (Lipinski definition) is 3. The quantitative estimate of drug-likeness (QED) is 0.777. The van der Waals surface area contributed by atoms with Crippen molar-refractivity contribution in [2.45, 2.75) is 13.3 Å². The van der Waals surface area contributed by atoms with Crippen LogP contribution in [0.25, 0.3) is 11.1 Å². The van der Waals surface area contributed by atoms with Gasteiger partial charge in [0.05, 0.1) is 14.2 Å². The number of ether oxygens (including phenoxy) is 2. The van der Waals surface area contributed by atoms with Crippen LogP contribution in [0.1, 0.15) is 23.7 Å². The zero-order chi connectivity index (χ0) is 15.4. The minimum atomic E-state index is -0.433. The third-order valence-corrected chi connectivity index (χ3v) is 3.30. The molecule has 2 aromatic rings. The first-order valence-electron chi connectivity index (χ1n) is 6.65. The predicted octanol–water partition coefficient (Wildman–Crippen LogP) is 4.10. The molecule has 0 saturated carbocycles. The van der Waals surface area contributed by atoms with Gasteiger partial charge in [0.15, 0.2) is 5.78 Å². The van der Waals surface area contributed by atoms with Gasteiger partial charge in [-0.1, -0.05) is 13.0 Å². The van der Waals surface area contributed by atoms with E-state index in [0.717, 1.165) is 0 Å². The molecule has 0 radical (unpaired) electrons. The summed E-state index contributed by atoms with van der Waals surface area (Å²) in [4.78, 5) is 12.1. The molecule has 0 N–H and O–H groups in total. The Labute approximate surface area is 123 Å². The Bertz CT molecular complexity index is 665. The Morgan fingerprint density at radius 2 is 1.81 bits per heavy atom. The highest BCUT2D eigenvalue weighted by molar-refractivity contribution is 6.02. The highest BCUT2D eigenvalue weighted by Gasteiger charge is 2.16. The summed E-state index contributed by atoms with van der Waals surface area (Å²) in [6.45, 7) is 1.75. The smallest absolute Gasteiger partial charge is 0.163 e. The van der Waals surface area contributed by atoms with Gasteiger partial charge in [0, 0.05) is 17.5 Å². The molecule has 0 fully saturated rings. The van der Waals surface area contributed by atoms with E-state index in [0.29, 0.717) is 34.6 Å². The largest absolute Gasteiger partial charge is 0.497 e. The maximum atomic E-state index is 13.5. The van der Waals surface area contributed by atoms with E-state index < -0.39 is 5.82 Å². The lowest BCUT2D eigenvalue weighted by Gasteiger charge is -2.13. The Morgan fingerprint density at radius 3 is 2.43 bits per heavy atom. The molecule has 110 valence electrons. The van der Waals surface area contributed by atoms with E-state index in [1.807, 2.05) is 0 Å². The first-order chi connectivity index (χ1) is 10.1. The van der Waals surface area contributed by atoms with E-state index in [9.17, 15) is 9.18 Å². The first kappa shape index (κ1) is 15.0. The van der Waals surface area contributed by atoms with Crippen molar-refractivity contribution in [2.24, 2.45) is 0 Å². The number of carbonyl (C=O) groups excluding carboxylic acids is 1. The number of carbonyl (C=O) groups is 1. The lowest BCUT2D eigenvalue weighted by atomic mass is 9.95. The second kappa shape index (κ2) is 6.39. The molecule has 3 nitrogen and oxygen atoms in total. The number of rotatable bonds is 5. The van der Waals surface area contributed by atoms with Gasteiger partial charge in [-0.25, -0.2) is 4.39 Å². The molecule has 0 bridgehead atoms. The molecule has 0 aromatic heterocycles. The van der Waals surface area contributed by atoms with Crippen LogP contribution in [0.2, 0.25) is 0 Å². The molecule has 0 aliphatic rings. The maximum absolute atomic E-state index is 13.5. The van der Waals surface area contributed by atoms with E-state index >= 15 is 0 Å². The summed E-state index contributed by atoms with van der Waals surface area (Å²) < 4.78 is 24.0. The molecule has 4 heteroatoms. The second-order valence-corrected chi connectivity index (χ2v) is 4.53. The third kappa shape index (κ3) is 3.05. The van der Waals surface area contributed by atoms with Crippen molar-refractivity contribution in [2.75, 3.05) is 14.2 Å². The van der Waals surface area contributed by atoms with Gasteiger partial charge in [-0.05, 0) is 35.9 Å². The zero-order valence-corrected chi connectivity index (χ0v) is 12.3. The first-order valence-corrected chi connectivity index (χ1v) is 6.65. The van der Waals surface area contributed by atoms with Crippen LogP contribution in [0.4, 0.5) is 4.39 Å². The van der Waals surface area contributed by atoms with Gasteiger partial charge >= 0.3 is 0 Å².